The maximum atomic E-state index is 12.7. The predicted octanol–water partition coefficient (Wildman–Crippen LogP) is 4.21. The van der Waals surface area contributed by atoms with Crippen molar-refractivity contribution < 1.29 is 28.5 Å². The van der Waals surface area contributed by atoms with Crippen LogP contribution in [0, 0.1) is 0 Å². The summed E-state index contributed by atoms with van der Waals surface area (Å²) in [5.74, 6) is -3.37. The molecule has 150 valence electrons. The minimum atomic E-state index is -2.01. The van der Waals surface area contributed by atoms with Crippen molar-refractivity contribution in [2.75, 3.05) is 14.2 Å². The molecule has 0 aliphatic carbocycles. The SMILES string of the molecule is CCCCC(OC)C(OC)(OC(=O)c1ccccc1)OC(=O)c1ccccc1. The topological polar surface area (TPSA) is 71.1 Å². The molecule has 0 heterocycles. The maximum Gasteiger partial charge on any atom is 0.404 e. The summed E-state index contributed by atoms with van der Waals surface area (Å²) in [5.41, 5.74) is 0.620. The van der Waals surface area contributed by atoms with Gasteiger partial charge in [-0.15, -0.1) is 0 Å². The lowest BCUT2D eigenvalue weighted by molar-refractivity contribution is -0.361. The Labute approximate surface area is 165 Å². The molecule has 0 bridgehead atoms. The molecule has 2 rings (SSSR count). The second-order valence-corrected chi connectivity index (χ2v) is 6.19. The van der Waals surface area contributed by atoms with E-state index in [1.807, 2.05) is 6.92 Å². The number of carbonyl (C=O) groups excluding carboxylic acids is 2. The zero-order valence-electron chi connectivity index (χ0n) is 16.4. The van der Waals surface area contributed by atoms with Crippen molar-refractivity contribution in [3.8, 4) is 0 Å². The van der Waals surface area contributed by atoms with E-state index >= 15 is 0 Å². The molecule has 0 saturated carbocycles. The van der Waals surface area contributed by atoms with Crippen LogP contribution in [0.3, 0.4) is 0 Å². The molecule has 0 saturated heterocycles. The number of carbonyl (C=O) groups is 2. The van der Waals surface area contributed by atoms with Crippen molar-refractivity contribution in [3.05, 3.63) is 71.8 Å². The average molecular weight is 386 g/mol. The highest BCUT2D eigenvalue weighted by Gasteiger charge is 2.48. The summed E-state index contributed by atoms with van der Waals surface area (Å²) in [6.07, 6.45) is 1.34. The first kappa shape index (κ1) is 21.6. The van der Waals surface area contributed by atoms with E-state index in [0.29, 0.717) is 17.5 Å². The van der Waals surface area contributed by atoms with Crippen LogP contribution in [0.1, 0.15) is 46.9 Å². The third kappa shape index (κ3) is 5.41. The summed E-state index contributed by atoms with van der Waals surface area (Å²) in [4.78, 5) is 25.4. The third-order valence-electron chi connectivity index (χ3n) is 4.27. The Bertz CT molecular complexity index is 691. The number of hydrogen-bond donors (Lipinski definition) is 0. The molecule has 1 atom stereocenters. The minimum absolute atomic E-state index is 0.310. The largest absolute Gasteiger partial charge is 0.404 e. The number of benzene rings is 2. The normalized spacial score (nSPS) is 12.2. The van der Waals surface area contributed by atoms with Gasteiger partial charge >= 0.3 is 17.9 Å². The first-order chi connectivity index (χ1) is 13.6. The summed E-state index contributed by atoms with van der Waals surface area (Å²) in [6, 6.07) is 16.9. The van der Waals surface area contributed by atoms with E-state index in [0.717, 1.165) is 12.8 Å². The van der Waals surface area contributed by atoms with Gasteiger partial charge in [-0.25, -0.2) is 9.59 Å². The molecule has 0 aliphatic rings. The van der Waals surface area contributed by atoms with Gasteiger partial charge in [0.2, 0.25) is 0 Å². The Kier molecular flexibility index (Phi) is 8.17. The van der Waals surface area contributed by atoms with E-state index < -0.39 is 24.0 Å². The summed E-state index contributed by atoms with van der Waals surface area (Å²) < 4.78 is 22.1. The van der Waals surface area contributed by atoms with Crippen molar-refractivity contribution in [1.82, 2.24) is 0 Å². The molecule has 6 nitrogen and oxygen atoms in total. The fraction of sp³-hybridized carbons (Fsp3) is 0.364. The van der Waals surface area contributed by atoms with Crippen LogP contribution in [-0.2, 0) is 18.9 Å². The van der Waals surface area contributed by atoms with Gasteiger partial charge in [-0.1, -0.05) is 56.2 Å². The Morgan fingerprint density at radius 2 is 1.32 bits per heavy atom. The molecule has 0 aliphatic heterocycles. The van der Waals surface area contributed by atoms with Gasteiger partial charge in [-0.2, -0.15) is 0 Å². The lowest BCUT2D eigenvalue weighted by Gasteiger charge is -2.36. The highest BCUT2D eigenvalue weighted by molar-refractivity contribution is 5.91. The van der Waals surface area contributed by atoms with Gasteiger partial charge in [0.15, 0.2) is 6.10 Å². The molecule has 0 spiro atoms. The van der Waals surface area contributed by atoms with Gasteiger partial charge in [0.25, 0.3) is 0 Å². The van der Waals surface area contributed by atoms with Crippen LogP contribution in [0.15, 0.2) is 60.7 Å². The summed E-state index contributed by atoms with van der Waals surface area (Å²) in [5, 5.41) is 0. The minimum Gasteiger partial charge on any atom is -0.392 e. The van der Waals surface area contributed by atoms with Gasteiger partial charge in [-0.3, -0.25) is 0 Å². The molecule has 6 heteroatoms. The monoisotopic (exact) mass is 386 g/mol. The molecule has 0 N–H and O–H groups in total. The van der Waals surface area contributed by atoms with Crippen molar-refractivity contribution in [2.24, 2.45) is 0 Å². The molecular weight excluding hydrogens is 360 g/mol. The Morgan fingerprint density at radius 1 is 0.857 bits per heavy atom. The molecule has 2 aromatic carbocycles. The Balaban J connectivity index is 2.34. The van der Waals surface area contributed by atoms with Gasteiger partial charge in [0, 0.05) is 14.2 Å². The molecular formula is C22H26O6. The first-order valence-electron chi connectivity index (χ1n) is 9.21. The van der Waals surface area contributed by atoms with Gasteiger partial charge in [0.05, 0.1) is 11.1 Å². The lowest BCUT2D eigenvalue weighted by Crippen LogP contribution is -2.52. The lowest BCUT2D eigenvalue weighted by atomic mass is 10.1. The second kappa shape index (κ2) is 10.6. The Morgan fingerprint density at radius 3 is 1.68 bits per heavy atom. The zero-order valence-corrected chi connectivity index (χ0v) is 16.4. The Hall–Kier alpha value is -2.70. The predicted molar refractivity (Wildman–Crippen MR) is 104 cm³/mol. The second-order valence-electron chi connectivity index (χ2n) is 6.19. The summed E-state index contributed by atoms with van der Waals surface area (Å²) in [6.45, 7) is 2.02. The van der Waals surface area contributed by atoms with Crippen LogP contribution in [0.5, 0.6) is 0 Å². The molecule has 2 aromatic rings. The third-order valence-corrected chi connectivity index (χ3v) is 4.27. The van der Waals surface area contributed by atoms with Gasteiger partial charge in [0.1, 0.15) is 0 Å². The molecule has 0 amide bonds. The van der Waals surface area contributed by atoms with E-state index in [9.17, 15) is 9.59 Å². The van der Waals surface area contributed by atoms with Gasteiger partial charge < -0.3 is 18.9 Å². The summed E-state index contributed by atoms with van der Waals surface area (Å²) in [7, 11) is 2.77. The number of unbranched alkanes of at least 4 members (excludes halogenated alkanes) is 1. The van der Waals surface area contributed by atoms with E-state index in [1.165, 1.54) is 14.2 Å². The van der Waals surface area contributed by atoms with E-state index in [4.69, 9.17) is 18.9 Å². The van der Waals surface area contributed by atoms with Crippen LogP contribution in [0.2, 0.25) is 0 Å². The smallest absolute Gasteiger partial charge is 0.392 e. The van der Waals surface area contributed by atoms with Crippen molar-refractivity contribution in [1.29, 1.82) is 0 Å². The van der Waals surface area contributed by atoms with Crippen molar-refractivity contribution in [3.63, 3.8) is 0 Å². The molecule has 1 unspecified atom stereocenters. The van der Waals surface area contributed by atoms with Crippen LogP contribution >= 0.6 is 0 Å². The van der Waals surface area contributed by atoms with E-state index in [2.05, 4.69) is 0 Å². The summed E-state index contributed by atoms with van der Waals surface area (Å²) >= 11 is 0. The standard InChI is InChI=1S/C22H26O6/c1-4-5-16-19(25-2)22(26-3,27-20(23)17-12-8-6-9-13-17)28-21(24)18-14-10-7-11-15-18/h6-15,19H,4-5,16H2,1-3H3. The number of methoxy groups -OCH3 is 2. The van der Waals surface area contributed by atoms with Crippen molar-refractivity contribution in [2.45, 2.75) is 38.3 Å². The van der Waals surface area contributed by atoms with Crippen LogP contribution in [-0.4, -0.2) is 38.2 Å². The fourth-order valence-corrected chi connectivity index (χ4v) is 2.72. The highest BCUT2D eigenvalue weighted by atomic mass is 16.9. The zero-order chi connectivity index (χ0) is 20.4. The quantitative estimate of drug-likeness (QED) is 0.450. The first-order valence-corrected chi connectivity index (χ1v) is 9.21. The van der Waals surface area contributed by atoms with E-state index in [-0.39, 0.29) is 0 Å². The number of rotatable bonds is 10. The van der Waals surface area contributed by atoms with Gasteiger partial charge in [-0.05, 0) is 30.7 Å². The average Bonchev–Trinajstić information content (AvgIpc) is 2.75. The molecule has 0 fully saturated rings. The van der Waals surface area contributed by atoms with Crippen LogP contribution in [0.25, 0.3) is 0 Å². The molecule has 0 radical (unpaired) electrons. The molecule has 28 heavy (non-hydrogen) atoms. The van der Waals surface area contributed by atoms with E-state index in [1.54, 1.807) is 60.7 Å². The number of hydrogen-bond acceptors (Lipinski definition) is 6. The fourth-order valence-electron chi connectivity index (χ4n) is 2.72. The number of ether oxygens (including phenoxy) is 4. The van der Waals surface area contributed by atoms with Crippen molar-refractivity contribution >= 4 is 11.9 Å². The maximum absolute atomic E-state index is 12.7. The van der Waals surface area contributed by atoms with Crippen LogP contribution < -0.4 is 0 Å². The highest BCUT2D eigenvalue weighted by Crippen LogP contribution is 2.28. The number of esters is 2. The van der Waals surface area contributed by atoms with Crippen LogP contribution in [0.4, 0.5) is 0 Å². The molecule has 0 aromatic heterocycles.